The fraction of sp³-hybridized carbons (Fsp3) is 0.538. The number of nitrogens with one attached hydrogen (secondary N) is 1. The molecular weight excluding hydrogens is 297 g/mol. The van der Waals surface area contributed by atoms with E-state index in [2.05, 4.69) is 4.72 Å². The number of benzene rings is 1. The molecule has 0 aliphatic rings. The van der Waals surface area contributed by atoms with E-state index >= 15 is 0 Å². The maximum Gasteiger partial charge on any atom is 0.240 e. The van der Waals surface area contributed by atoms with Crippen LogP contribution >= 0.6 is 0 Å². The van der Waals surface area contributed by atoms with Gasteiger partial charge in [-0.1, -0.05) is 0 Å². The molecule has 0 atom stereocenters. The number of hydrogen-bond donors (Lipinski definition) is 2. The number of nitrogens with zero attached hydrogens (tertiary/aromatic N) is 1. The van der Waals surface area contributed by atoms with E-state index in [1.54, 1.807) is 0 Å². The fourth-order valence-electron chi connectivity index (χ4n) is 1.63. The van der Waals surface area contributed by atoms with Crippen molar-refractivity contribution < 1.29 is 17.5 Å². The number of likely N-dealkylation sites (N-methyl/N-ethyl adjacent to an activating group) is 1. The van der Waals surface area contributed by atoms with E-state index in [-0.39, 0.29) is 23.7 Å². The Hall–Kier alpha value is -1.22. The van der Waals surface area contributed by atoms with E-state index in [4.69, 9.17) is 10.5 Å². The first-order valence-corrected chi connectivity index (χ1v) is 8.00. The second-order valence-electron chi connectivity index (χ2n) is 4.95. The van der Waals surface area contributed by atoms with Gasteiger partial charge in [0.1, 0.15) is 5.82 Å². The molecule has 6 nitrogen and oxygen atoms in total. The zero-order valence-electron chi connectivity index (χ0n) is 12.5. The highest BCUT2D eigenvalue weighted by Crippen LogP contribution is 2.21. The van der Waals surface area contributed by atoms with Gasteiger partial charge in [0.2, 0.25) is 10.0 Å². The molecule has 1 rings (SSSR count). The molecule has 0 aliphatic carbocycles. The van der Waals surface area contributed by atoms with Crippen molar-refractivity contribution in [1.82, 2.24) is 9.62 Å². The normalized spacial score (nSPS) is 12.0. The quantitative estimate of drug-likeness (QED) is 0.541. The Morgan fingerprint density at radius 1 is 1.33 bits per heavy atom. The molecule has 0 aliphatic heterocycles. The Morgan fingerprint density at radius 2 is 2.00 bits per heavy atom. The molecule has 1 aromatic carbocycles. The van der Waals surface area contributed by atoms with Crippen molar-refractivity contribution in [2.75, 3.05) is 46.1 Å². The Bertz CT molecular complexity index is 576. The van der Waals surface area contributed by atoms with Crippen molar-refractivity contribution in [1.29, 1.82) is 0 Å². The summed E-state index contributed by atoms with van der Waals surface area (Å²) in [5.74, 6) is -0.626. The number of nitrogens with two attached hydrogens (primary N) is 1. The van der Waals surface area contributed by atoms with Crippen molar-refractivity contribution in [3.05, 3.63) is 23.5 Å². The number of rotatable bonds is 8. The molecule has 0 heterocycles. The van der Waals surface area contributed by atoms with Gasteiger partial charge >= 0.3 is 0 Å². The highest BCUT2D eigenvalue weighted by atomic mass is 32.2. The van der Waals surface area contributed by atoms with Crippen molar-refractivity contribution in [3.8, 4) is 0 Å². The van der Waals surface area contributed by atoms with Crippen LogP contribution in [0.2, 0.25) is 0 Å². The molecule has 0 amide bonds. The molecule has 120 valence electrons. The molecule has 0 saturated heterocycles. The molecule has 8 heteroatoms. The molecule has 0 bridgehead atoms. The second-order valence-corrected chi connectivity index (χ2v) is 6.69. The molecule has 0 aromatic heterocycles. The van der Waals surface area contributed by atoms with Crippen LogP contribution in [0, 0.1) is 12.7 Å². The third kappa shape index (κ3) is 5.58. The topological polar surface area (TPSA) is 84.7 Å². The third-order valence-corrected chi connectivity index (χ3v) is 4.41. The van der Waals surface area contributed by atoms with E-state index in [0.717, 1.165) is 18.7 Å². The number of ether oxygens (including phenoxy) is 1. The van der Waals surface area contributed by atoms with Crippen molar-refractivity contribution in [3.63, 3.8) is 0 Å². The maximum atomic E-state index is 13.2. The van der Waals surface area contributed by atoms with Gasteiger partial charge in [0.05, 0.1) is 23.8 Å². The van der Waals surface area contributed by atoms with Crippen molar-refractivity contribution in [2.45, 2.75) is 11.8 Å². The Labute approximate surface area is 125 Å². The Balaban J connectivity index is 2.56. The molecule has 3 N–H and O–H groups in total. The lowest BCUT2D eigenvalue weighted by Gasteiger charge is -2.12. The molecule has 21 heavy (non-hydrogen) atoms. The molecule has 0 spiro atoms. The van der Waals surface area contributed by atoms with E-state index in [1.807, 2.05) is 19.0 Å². The predicted octanol–water partition coefficient (Wildman–Crippen LogP) is 0.573. The number of aryl methyl sites for hydroxylation is 1. The third-order valence-electron chi connectivity index (χ3n) is 2.81. The number of sulfonamides is 1. The summed E-state index contributed by atoms with van der Waals surface area (Å²) in [7, 11) is 0.128. The number of nitrogen functional groups attached to an aromatic ring is 1. The minimum atomic E-state index is -3.72. The lowest BCUT2D eigenvalue weighted by Crippen LogP contribution is -2.29. The molecule has 1 aromatic rings. The van der Waals surface area contributed by atoms with E-state index in [9.17, 15) is 12.8 Å². The van der Waals surface area contributed by atoms with Gasteiger partial charge in [-0.15, -0.1) is 0 Å². The summed E-state index contributed by atoms with van der Waals surface area (Å²) in [5.41, 5.74) is 5.53. The monoisotopic (exact) mass is 319 g/mol. The van der Waals surface area contributed by atoms with Crippen LogP contribution in [0.1, 0.15) is 5.56 Å². The van der Waals surface area contributed by atoms with E-state index < -0.39 is 15.8 Å². The van der Waals surface area contributed by atoms with Gasteiger partial charge in [0.15, 0.2) is 0 Å². The van der Waals surface area contributed by atoms with Crippen LogP contribution in [-0.2, 0) is 14.8 Å². The van der Waals surface area contributed by atoms with Crippen LogP contribution in [0.15, 0.2) is 17.0 Å². The number of halogens is 1. The first-order valence-electron chi connectivity index (χ1n) is 6.52. The fourth-order valence-corrected chi connectivity index (χ4v) is 2.91. The number of anilines is 1. The first-order chi connectivity index (χ1) is 9.74. The highest BCUT2D eigenvalue weighted by molar-refractivity contribution is 7.89. The number of hydrogen-bond acceptors (Lipinski definition) is 5. The zero-order valence-corrected chi connectivity index (χ0v) is 13.3. The SMILES string of the molecule is Cc1cc(F)c(N)cc1S(=O)(=O)NCCOCCN(C)C. The van der Waals surface area contributed by atoms with Gasteiger partial charge in [-0.3, -0.25) is 0 Å². The molecule has 0 fully saturated rings. The Kier molecular flexibility index (Phi) is 6.53. The van der Waals surface area contributed by atoms with Crippen molar-refractivity contribution in [2.24, 2.45) is 0 Å². The summed E-state index contributed by atoms with van der Waals surface area (Å²) in [6, 6.07) is 2.23. The van der Waals surface area contributed by atoms with Gasteiger partial charge in [0.25, 0.3) is 0 Å². The van der Waals surface area contributed by atoms with Gasteiger partial charge in [-0.05, 0) is 38.7 Å². The average Bonchev–Trinajstić information content (AvgIpc) is 2.37. The molecule has 0 unspecified atom stereocenters. The van der Waals surface area contributed by atoms with Gasteiger partial charge in [-0.25, -0.2) is 17.5 Å². The highest BCUT2D eigenvalue weighted by Gasteiger charge is 2.18. The summed E-state index contributed by atoms with van der Waals surface area (Å²) in [6.07, 6.45) is 0. The molecule has 0 radical (unpaired) electrons. The van der Waals surface area contributed by atoms with E-state index in [1.165, 1.54) is 6.92 Å². The lowest BCUT2D eigenvalue weighted by molar-refractivity contribution is 0.122. The van der Waals surface area contributed by atoms with Crippen molar-refractivity contribution >= 4 is 15.7 Å². The minimum Gasteiger partial charge on any atom is -0.396 e. The van der Waals surface area contributed by atoms with Crippen LogP contribution in [-0.4, -0.2) is 53.7 Å². The van der Waals surface area contributed by atoms with Crippen LogP contribution in [0.4, 0.5) is 10.1 Å². The summed E-state index contributed by atoms with van der Waals surface area (Å²) in [4.78, 5) is 1.95. The summed E-state index contributed by atoms with van der Waals surface area (Å²) in [6.45, 7) is 3.22. The van der Waals surface area contributed by atoms with Crippen LogP contribution in [0.3, 0.4) is 0 Å². The average molecular weight is 319 g/mol. The predicted molar refractivity (Wildman–Crippen MR) is 80.1 cm³/mol. The van der Waals surface area contributed by atoms with Crippen LogP contribution in [0.25, 0.3) is 0 Å². The molecular formula is C13H22FN3O3S. The smallest absolute Gasteiger partial charge is 0.240 e. The maximum absolute atomic E-state index is 13.2. The standard InChI is InChI=1S/C13H22FN3O3S/c1-10-8-11(14)12(15)9-13(10)21(18,19)16-4-6-20-7-5-17(2)3/h8-9,16H,4-7,15H2,1-3H3. The van der Waals surface area contributed by atoms with E-state index in [0.29, 0.717) is 12.2 Å². The summed E-state index contributed by atoms with van der Waals surface area (Å²) >= 11 is 0. The lowest BCUT2D eigenvalue weighted by atomic mass is 10.2. The Morgan fingerprint density at radius 3 is 2.62 bits per heavy atom. The first kappa shape index (κ1) is 17.8. The second kappa shape index (κ2) is 7.69. The zero-order chi connectivity index (χ0) is 16.0. The summed E-state index contributed by atoms with van der Waals surface area (Å²) in [5, 5.41) is 0. The van der Waals surface area contributed by atoms with Crippen LogP contribution in [0.5, 0.6) is 0 Å². The van der Waals surface area contributed by atoms with Gasteiger partial charge in [-0.2, -0.15) is 0 Å². The largest absolute Gasteiger partial charge is 0.396 e. The van der Waals surface area contributed by atoms with Gasteiger partial charge < -0.3 is 15.4 Å². The molecule has 0 saturated carbocycles. The van der Waals surface area contributed by atoms with Gasteiger partial charge in [0, 0.05) is 13.1 Å². The van der Waals surface area contributed by atoms with Crippen LogP contribution < -0.4 is 10.5 Å². The summed E-state index contributed by atoms with van der Waals surface area (Å²) < 4.78 is 45.2. The minimum absolute atomic E-state index is 0.0188.